The molecule has 0 bridgehead atoms. The van der Waals surface area contributed by atoms with E-state index >= 15 is 0 Å². The second-order valence-corrected chi connectivity index (χ2v) is 4.82. The average molecular weight is 296 g/mol. The highest BCUT2D eigenvalue weighted by Gasteiger charge is 2.11. The van der Waals surface area contributed by atoms with E-state index in [9.17, 15) is 10.1 Å². The molecule has 0 saturated carbocycles. The lowest BCUT2D eigenvalue weighted by atomic mass is 10.1. The summed E-state index contributed by atoms with van der Waals surface area (Å²) >= 11 is 0. The van der Waals surface area contributed by atoms with Gasteiger partial charge in [0.05, 0.1) is 11.5 Å². The van der Waals surface area contributed by atoms with E-state index in [0.717, 1.165) is 37.8 Å². The minimum absolute atomic E-state index is 0.0817. The van der Waals surface area contributed by atoms with Crippen molar-refractivity contribution in [3.05, 3.63) is 33.9 Å². The van der Waals surface area contributed by atoms with Crippen molar-refractivity contribution in [2.45, 2.75) is 39.2 Å². The number of non-ortho nitro benzene ring substituents is 1. The molecule has 1 aromatic rings. The highest BCUT2D eigenvalue weighted by atomic mass is 16.6. The van der Waals surface area contributed by atoms with Gasteiger partial charge in [-0.15, -0.1) is 0 Å². The molecule has 0 heterocycles. The van der Waals surface area contributed by atoms with Gasteiger partial charge in [-0.2, -0.15) is 0 Å². The topological polar surface area (TPSA) is 84.6 Å². The number of aliphatic hydroxyl groups is 1. The van der Waals surface area contributed by atoms with Crippen molar-refractivity contribution in [1.82, 2.24) is 5.32 Å². The van der Waals surface area contributed by atoms with Crippen molar-refractivity contribution in [1.29, 1.82) is 0 Å². The molecule has 0 unspecified atom stereocenters. The molecular formula is C15H24N2O4. The van der Waals surface area contributed by atoms with E-state index in [1.807, 2.05) is 6.92 Å². The van der Waals surface area contributed by atoms with Gasteiger partial charge in [0.15, 0.2) is 0 Å². The van der Waals surface area contributed by atoms with Crippen LogP contribution in [0.2, 0.25) is 0 Å². The number of nitrogens with zero attached hydrogens (tertiary/aromatic N) is 1. The number of ether oxygens (including phenoxy) is 1. The van der Waals surface area contributed by atoms with Gasteiger partial charge in [0.25, 0.3) is 5.69 Å². The Hall–Kier alpha value is -1.66. The smallest absolute Gasteiger partial charge is 0.270 e. The minimum atomic E-state index is -0.395. The van der Waals surface area contributed by atoms with Crippen LogP contribution in [0.15, 0.2) is 18.2 Å². The molecular weight excluding hydrogens is 272 g/mol. The van der Waals surface area contributed by atoms with Crippen LogP contribution < -0.4 is 10.1 Å². The van der Waals surface area contributed by atoms with Crippen LogP contribution >= 0.6 is 0 Å². The number of unbranched alkanes of at least 4 members (excludes halogenated alkanes) is 3. The van der Waals surface area contributed by atoms with Crippen LogP contribution in [0, 0.1) is 10.1 Å². The summed E-state index contributed by atoms with van der Waals surface area (Å²) in [5.41, 5.74) is 0.889. The van der Waals surface area contributed by atoms with Gasteiger partial charge in [0.2, 0.25) is 0 Å². The Morgan fingerprint density at radius 2 is 2.05 bits per heavy atom. The minimum Gasteiger partial charge on any atom is -0.493 e. The Balaban J connectivity index is 2.56. The summed E-state index contributed by atoms with van der Waals surface area (Å²) in [4.78, 5) is 10.4. The first-order valence-corrected chi connectivity index (χ1v) is 7.40. The molecule has 0 aliphatic heterocycles. The van der Waals surface area contributed by atoms with Crippen molar-refractivity contribution >= 4 is 5.69 Å². The second-order valence-electron chi connectivity index (χ2n) is 4.82. The van der Waals surface area contributed by atoms with Crippen molar-refractivity contribution < 1.29 is 14.8 Å². The van der Waals surface area contributed by atoms with Gasteiger partial charge in [-0.1, -0.05) is 13.3 Å². The van der Waals surface area contributed by atoms with E-state index in [1.165, 1.54) is 6.07 Å². The van der Waals surface area contributed by atoms with E-state index in [4.69, 9.17) is 9.84 Å². The predicted octanol–water partition coefficient (Wildman–Crippen LogP) is 2.64. The molecule has 0 amide bonds. The maximum atomic E-state index is 10.8. The van der Waals surface area contributed by atoms with Gasteiger partial charge >= 0.3 is 0 Å². The van der Waals surface area contributed by atoms with Crippen molar-refractivity contribution in [2.75, 3.05) is 19.8 Å². The molecule has 6 nitrogen and oxygen atoms in total. The normalized spacial score (nSPS) is 10.6. The number of nitrogens with one attached hydrogen (secondary N) is 1. The Kier molecular flexibility index (Phi) is 8.38. The fraction of sp³-hybridized carbons (Fsp3) is 0.600. The van der Waals surface area contributed by atoms with E-state index in [1.54, 1.807) is 12.1 Å². The second kappa shape index (κ2) is 10.1. The summed E-state index contributed by atoms with van der Waals surface area (Å²) in [7, 11) is 0. The fourth-order valence-corrected chi connectivity index (χ4v) is 1.97. The molecule has 0 fully saturated rings. The van der Waals surface area contributed by atoms with E-state index in [2.05, 4.69) is 5.32 Å². The molecule has 1 rings (SSSR count). The third-order valence-corrected chi connectivity index (χ3v) is 3.13. The monoisotopic (exact) mass is 296 g/mol. The van der Waals surface area contributed by atoms with Crippen LogP contribution in [0.5, 0.6) is 5.75 Å². The zero-order chi connectivity index (χ0) is 15.5. The largest absolute Gasteiger partial charge is 0.493 e. The van der Waals surface area contributed by atoms with Gasteiger partial charge in [0.1, 0.15) is 5.75 Å². The lowest BCUT2D eigenvalue weighted by molar-refractivity contribution is -0.384. The number of aliphatic hydroxyl groups excluding tert-OH is 1. The molecule has 1 aromatic carbocycles. The van der Waals surface area contributed by atoms with Crippen LogP contribution in [0.25, 0.3) is 0 Å². The van der Waals surface area contributed by atoms with Gasteiger partial charge in [-0.3, -0.25) is 10.1 Å². The molecule has 2 N–H and O–H groups in total. The van der Waals surface area contributed by atoms with Crippen molar-refractivity contribution in [3.8, 4) is 5.75 Å². The first kappa shape index (κ1) is 17.4. The third kappa shape index (κ3) is 6.55. The predicted molar refractivity (Wildman–Crippen MR) is 81.5 cm³/mol. The Morgan fingerprint density at radius 1 is 1.29 bits per heavy atom. The molecule has 0 spiro atoms. The molecule has 0 aromatic heterocycles. The van der Waals surface area contributed by atoms with Crippen LogP contribution in [0.1, 0.15) is 38.2 Å². The van der Waals surface area contributed by atoms with E-state index in [0.29, 0.717) is 18.9 Å². The number of nitro groups is 1. The summed E-state index contributed by atoms with van der Waals surface area (Å²) < 4.78 is 5.72. The molecule has 0 aliphatic carbocycles. The highest BCUT2D eigenvalue weighted by molar-refractivity contribution is 5.43. The van der Waals surface area contributed by atoms with Crippen molar-refractivity contribution in [3.63, 3.8) is 0 Å². The number of hydrogen-bond acceptors (Lipinski definition) is 5. The molecule has 0 atom stereocenters. The first-order chi connectivity index (χ1) is 10.2. The van der Waals surface area contributed by atoms with Crippen LogP contribution in [-0.4, -0.2) is 29.8 Å². The van der Waals surface area contributed by atoms with E-state index in [-0.39, 0.29) is 12.3 Å². The van der Waals surface area contributed by atoms with E-state index < -0.39 is 4.92 Å². The first-order valence-electron chi connectivity index (χ1n) is 7.40. The lowest BCUT2D eigenvalue weighted by Gasteiger charge is -2.11. The Morgan fingerprint density at radius 3 is 2.71 bits per heavy atom. The van der Waals surface area contributed by atoms with Crippen LogP contribution in [-0.2, 0) is 6.54 Å². The molecule has 118 valence electrons. The SMILES string of the molecule is CCNCc1cc([N+](=O)[O-])ccc1OCCCCCCO. The number of nitro benzene ring substituents is 1. The summed E-state index contributed by atoms with van der Waals surface area (Å²) in [6.07, 6.45) is 3.74. The maximum absolute atomic E-state index is 10.8. The quantitative estimate of drug-likeness (QED) is 0.372. The highest BCUT2D eigenvalue weighted by Crippen LogP contribution is 2.24. The number of benzene rings is 1. The molecule has 6 heteroatoms. The average Bonchev–Trinajstić information content (AvgIpc) is 2.49. The van der Waals surface area contributed by atoms with Gasteiger partial charge < -0.3 is 15.2 Å². The standard InChI is InChI=1S/C15H24N2O4/c1-2-16-12-13-11-14(17(19)20)7-8-15(13)21-10-6-4-3-5-9-18/h7-8,11,16,18H,2-6,9-10,12H2,1H3. The summed E-state index contributed by atoms with van der Waals surface area (Å²) in [5.74, 6) is 0.698. The molecule has 0 saturated heterocycles. The van der Waals surface area contributed by atoms with Gasteiger partial charge in [-0.25, -0.2) is 0 Å². The molecule has 0 aliphatic rings. The molecule has 21 heavy (non-hydrogen) atoms. The number of rotatable bonds is 11. The van der Waals surface area contributed by atoms with Crippen molar-refractivity contribution in [2.24, 2.45) is 0 Å². The number of hydrogen-bond donors (Lipinski definition) is 2. The van der Waals surface area contributed by atoms with Crippen LogP contribution in [0.4, 0.5) is 5.69 Å². The lowest BCUT2D eigenvalue weighted by Crippen LogP contribution is -2.13. The summed E-state index contributed by atoms with van der Waals surface area (Å²) in [6.45, 7) is 4.15. The third-order valence-electron chi connectivity index (χ3n) is 3.13. The molecule has 0 radical (unpaired) electrons. The zero-order valence-electron chi connectivity index (χ0n) is 12.5. The van der Waals surface area contributed by atoms with Gasteiger partial charge in [-0.05, 0) is 31.9 Å². The summed E-state index contributed by atoms with van der Waals surface area (Å²) in [6, 6.07) is 4.69. The summed E-state index contributed by atoms with van der Waals surface area (Å²) in [5, 5.41) is 22.7. The fourth-order valence-electron chi connectivity index (χ4n) is 1.97. The van der Waals surface area contributed by atoms with Crippen LogP contribution in [0.3, 0.4) is 0 Å². The Bertz CT molecular complexity index is 438. The van der Waals surface area contributed by atoms with Gasteiger partial charge in [0, 0.05) is 30.8 Å². The maximum Gasteiger partial charge on any atom is 0.270 e. The zero-order valence-corrected chi connectivity index (χ0v) is 12.5. The Labute approximate surface area is 125 Å².